The fraction of sp³-hybridized carbons (Fsp3) is 0.355. The van der Waals surface area contributed by atoms with Crippen LogP contribution in [0.1, 0.15) is 79.3 Å². The van der Waals surface area contributed by atoms with E-state index in [1.807, 2.05) is 42.5 Å². The average Bonchev–Trinajstić information content (AvgIpc) is 2.88. The van der Waals surface area contributed by atoms with E-state index >= 15 is 0 Å². The molecular weight excluding hydrogens is 420 g/mol. The molecular formula is C31H34O3. The predicted octanol–water partition coefficient (Wildman–Crippen LogP) is 7.82. The van der Waals surface area contributed by atoms with Crippen LogP contribution in [-0.4, -0.2) is 11.8 Å². The topological polar surface area (TPSA) is 43.4 Å². The van der Waals surface area contributed by atoms with Gasteiger partial charge in [-0.2, -0.15) is 0 Å². The molecule has 0 saturated heterocycles. The van der Waals surface area contributed by atoms with E-state index in [-0.39, 0.29) is 11.8 Å². The van der Waals surface area contributed by atoms with E-state index in [2.05, 4.69) is 25.6 Å². The molecule has 34 heavy (non-hydrogen) atoms. The summed E-state index contributed by atoms with van der Waals surface area (Å²) in [4.78, 5) is 24.3. The van der Waals surface area contributed by atoms with Crippen LogP contribution in [-0.2, 0) is 11.2 Å². The molecule has 3 heteroatoms. The average molecular weight is 455 g/mol. The van der Waals surface area contributed by atoms with Gasteiger partial charge in [0.15, 0.2) is 5.78 Å². The molecule has 1 fully saturated rings. The van der Waals surface area contributed by atoms with Gasteiger partial charge in [-0.3, -0.25) is 4.79 Å². The third-order valence-corrected chi connectivity index (χ3v) is 7.12. The first-order chi connectivity index (χ1) is 16.6. The van der Waals surface area contributed by atoms with Gasteiger partial charge in [0, 0.05) is 6.42 Å². The molecule has 0 aliphatic heterocycles. The van der Waals surface area contributed by atoms with Gasteiger partial charge in [0.1, 0.15) is 5.75 Å². The summed E-state index contributed by atoms with van der Waals surface area (Å²) < 4.78 is 5.65. The molecule has 1 aliphatic carbocycles. The summed E-state index contributed by atoms with van der Waals surface area (Å²) in [5.74, 6) is 1.67. The predicted molar refractivity (Wildman–Crippen MR) is 138 cm³/mol. The molecule has 3 aromatic rings. The summed E-state index contributed by atoms with van der Waals surface area (Å²) in [6.45, 7) is 5.79. The Labute approximate surface area is 202 Å². The van der Waals surface area contributed by atoms with E-state index in [9.17, 15) is 9.59 Å². The van der Waals surface area contributed by atoms with Gasteiger partial charge in [-0.05, 0) is 89.8 Å². The fourth-order valence-corrected chi connectivity index (χ4v) is 5.05. The van der Waals surface area contributed by atoms with Gasteiger partial charge in [0.25, 0.3) is 0 Å². The molecule has 4 rings (SSSR count). The van der Waals surface area contributed by atoms with Crippen LogP contribution in [0.4, 0.5) is 0 Å². The van der Waals surface area contributed by atoms with Crippen molar-refractivity contribution in [2.24, 2.45) is 5.92 Å². The van der Waals surface area contributed by atoms with E-state index in [0.29, 0.717) is 23.7 Å². The maximum absolute atomic E-state index is 12.7. The molecule has 0 aromatic heterocycles. The largest absolute Gasteiger partial charge is 0.423 e. The zero-order valence-corrected chi connectivity index (χ0v) is 20.1. The van der Waals surface area contributed by atoms with Crippen LogP contribution in [0.5, 0.6) is 5.75 Å². The van der Waals surface area contributed by atoms with Crippen LogP contribution in [0, 0.1) is 5.92 Å². The second kappa shape index (κ2) is 11.3. The summed E-state index contributed by atoms with van der Waals surface area (Å²) in [5.41, 5.74) is 2.84. The number of unbranched alkanes of at least 4 members (excludes halogenated alkanes) is 1. The zero-order chi connectivity index (χ0) is 23.9. The number of ether oxygens (including phenoxy) is 1. The molecule has 3 aromatic carbocycles. The van der Waals surface area contributed by atoms with E-state index in [1.165, 1.54) is 56.6 Å². The number of fused-ring (bicyclic) bond motifs is 1. The summed E-state index contributed by atoms with van der Waals surface area (Å²) in [6.07, 6.45) is 10.8. The first kappa shape index (κ1) is 23.9. The lowest BCUT2D eigenvalue weighted by molar-refractivity contribution is -0.114. The monoisotopic (exact) mass is 454 g/mol. The minimum atomic E-state index is -0.345. The van der Waals surface area contributed by atoms with Gasteiger partial charge in [0.05, 0.1) is 5.56 Å². The highest BCUT2D eigenvalue weighted by atomic mass is 16.5. The molecule has 0 spiro atoms. The summed E-state index contributed by atoms with van der Waals surface area (Å²) in [6, 6.07) is 19.4. The van der Waals surface area contributed by atoms with Crippen molar-refractivity contribution in [1.82, 2.24) is 0 Å². The number of allylic oxidation sites excluding steroid dienone is 1. The highest BCUT2D eigenvalue weighted by Gasteiger charge is 2.22. The maximum atomic E-state index is 12.7. The quantitative estimate of drug-likeness (QED) is 0.188. The van der Waals surface area contributed by atoms with Gasteiger partial charge in [0.2, 0.25) is 0 Å². The Morgan fingerprint density at radius 2 is 1.65 bits per heavy atom. The SMILES string of the molecule is C=CC(=O)Cc1ccc2cc(OC(=O)c3ccc(C4CCC(CCCC)CC4)cc3)ccc2c1. The second-order valence-electron chi connectivity index (χ2n) is 9.56. The van der Waals surface area contributed by atoms with Crippen molar-refractivity contribution in [2.75, 3.05) is 0 Å². The molecule has 3 nitrogen and oxygen atoms in total. The van der Waals surface area contributed by atoms with Gasteiger partial charge in [-0.15, -0.1) is 0 Å². The van der Waals surface area contributed by atoms with Crippen molar-refractivity contribution in [3.8, 4) is 5.75 Å². The van der Waals surface area contributed by atoms with Crippen LogP contribution in [0.3, 0.4) is 0 Å². The van der Waals surface area contributed by atoms with Crippen LogP contribution >= 0.6 is 0 Å². The van der Waals surface area contributed by atoms with Crippen molar-refractivity contribution in [3.05, 3.63) is 90.0 Å². The Kier molecular flexibility index (Phi) is 7.95. The third-order valence-electron chi connectivity index (χ3n) is 7.12. The zero-order valence-electron chi connectivity index (χ0n) is 20.1. The Morgan fingerprint density at radius 1 is 0.941 bits per heavy atom. The lowest BCUT2D eigenvalue weighted by Gasteiger charge is -2.28. The van der Waals surface area contributed by atoms with Gasteiger partial charge >= 0.3 is 5.97 Å². The van der Waals surface area contributed by atoms with Crippen molar-refractivity contribution in [2.45, 2.75) is 64.2 Å². The Hall–Kier alpha value is -3.20. The Balaban J connectivity index is 1.36. The molecule has 0 heterocycles. The number of hydrogen-bond acceptors (Lipinski definition) is 3. The van der Waals surface area contributed by atoms with Crippen LogP contribution < -0.4 is 4.74 Å². The second-order valence-corrected chi connectivity index (χ2v) is 9.56. The normalized spacial score (nSPS) is 17.9. The molecule has 0 bridgehead atoms. The molecule has 0 atom stereocenters. The summed E-state index contributed by atoms with van der Waals surface area (Å²) >= 11 is 0. The Morgan fingerprint density at radius 3 is 2.35 bits per heavy atom. The number of rotatable bonds is 9. The first-order valence-electron chi connectivity index (χ1n) is 12.6. The van der Waals surface area contributed by atoms with Crippen LogP contribution in [0.25, 0.3) is 10.8 Å². The summed E-state index contributed by atoms with van der Waals surface area (Å²) in [7, 11) is 0. The van der Waals surface area contributed by atoms with E-state index < -0.39 is 0 Å². The van der Waals surface area contributed by atoms with Crippen molar-refractivity contribution >= 4 is 22.5 Å². The molecule has 0 N–H and O–H groups in total. The maximum Gasteiger partial charge on any atom is 0.343 e. The molecule has 1 saturated carbocycles. The summed E-state index contributed by atoms with van der Waals surface area (Å²) in [5, 5.41) is 1.97. The van der Waals surface area contributed by atoms with Gasteiger partial charge < -0.3 is 4.74 Å². The Bertz CT molecular complexity index is 1150. The molecule has 0 unspecified atom stereocenters. The van der Waals surface area contributed by atoms with E-state index in [1.54, 1.807) is 6.07 Å². The highest BCUT2D eigenvalue weighted by Crippen LogP contribution is 2.37. The van der Waals surface area contributed by atoms with Gasteiger partial charge in [-0.25, -0.2) is 4.79 Å². The van der Waals surface area contributed by atoms with Gasteiger partial charge in [-0.1, -0.05) is 69.2 Å². The van der Waals surface area contributed by atoms with E-state index in [0.717, 1.165) is 22.3 Å². The lowest BCUT2D eigenvalue weighted by atomic mass is 9.77. The molecule has 176 valence electrons. The highest BCUT2D eigenvalue weighted by molar-refractivity contribution is 5.93. The number of esters is 1. The standard InChI is InChI=1S/C31H34O3/c1-3-5-6-22-7-10-24(11-8-22)25-13-15-26(16-14-25)31(33)34-30-18-17-27-19-23(20-29(32)4-2)9-12-28(27)21-30/h4,9,12-19,21-22,24H,2-3,5-8,10-11,20H2,1H3. The smallest absolute Gasteiger partial charge is 0.343 e. The number of carbonyl (C=O) groups is 2. The van der Waals surface area contributed by atoms with Crippen molar-refractivity contribution in [1.29, 1.82) is 0 Å². The molecule has 0 radical (unpaired) electrons. The molecule has 0 amide bonds. The van der Waals surface area contributed by atoms with Crippen LogP contribution in [0.2, 0.25) is 0 Å². The number of carbonyl (C=O) groups excluding carboxylic acids is 2. The first-order valence-corrected chi connectivity index (χ1v) is 12.6. The van der Waals surface area contributed by atoms with Crippen molar-refractivity contribution < 1.29 is 14.3 Å². The minimum Gasteiger partial charge on any atom is -0.423 e. The minimum absolute atomic E-state index is 0.00410. The third kappa shape index (κ3) is 6.02. The van der Waals surface area contributed by atoms with Crippen molar-refractivity contribution in [3.63, 3.8) is 0 Å². The fourth-order valence-electron chi connectivity index (χ4n) is 5.05. The lowest BCUT2D eigenvalue weighted by Crippen LogP contribution is -2.14. The van der Waals surface area contributed by atoms with Crippen LogP contribution in [0.15, 0.2) is 73.3 Å². The molecule has 1 aliphatic rings. The van der Waals surface area contributed by atoms with E-state index in [4.69, 9.17) is 4.74 Å². The number of ketones is 1. The number of benzene rings is 3. The number of hydrogen-bond donors (Lipinski definition) is 0.